The first-order valence-corrected chi connectivity index (χ1v) is 6.47. The molecular formula is C12H8KNO2S2. The van der Waals surface area contributed by atoms with Crippen LogP contribution in [-0.4, -0.2) is 21.2 Å². The first kappa shape index (κ1) is 14.7. The molecule has 6 heteroatoms. The Morgan fingerprint density at radius 1 is 1.39 bits per heavy atom. The number of hydrogen-bond acceptors (Lipinski definition) is 4. The van der Waals surface area contributed by atoms with Crippen LogP contribution in [0, 0.1) is 0 Å². The zero-order chi connectivity index (χ0) is 12.0. The molecular weight excluding hydrogens is 293 g/mol. The summed E-state index contributed by atoms with van der Waals surface area (Å²) in [5.74, 6) is -0.0124. The van der Waals surface area contributed by atoms with Crippen LogP contribution in [0.4, 0.5) is 0 Å². The average molecular weight is 301 g/mol. The Labute approximate surface area is 157 Å². The number of thioether (sulfide) groups is 1. The Morgan fingerprint density at radius 3 is 2.61 bits per heavy atom. The first-order valence-electron chi connectivity index (χ1n) is 5.18. The van der Waals surface area contributed by atoms with Crippen LogP contribution in [0.3, 0.4) is 0 Å². The topological polar surface area (TPSA) is 43.4 Å². The number of benzene rings is 1. The summed E-state index contributed by atoms with van der Waals surface area (Å²) >= 11 is 6.28. The van der Waals surface area contributed by atoms with Crippen LogP contribution in [-0.2, 0) is 4.79 Å². The normalized spacial score (nSPS) is 21.2. The van der Waals surface area contributed by atoms with Crippen molar-refractivity contribution in [2.24, 2.45) is 0 Å². The minimum Gasteiger partial charge on any atom is -0.863 e. The molecule has 0 unspecified atom stereocenters. The fourth-order valence-electron chi connectivity index (χ4n) is 2.04. The van der Waals surface area contributed by atoms with E-state index in [4.69, 9.17) is 12.2 Å². The van der Waals surface area contributed by atoms with Gasteiger partial charge in [0.1, 0.15) is 0 Å². The van der Waals surface area contributed by atoms with Gasteiger partial charge < -0.3 is 5.11 Å². The molecule has 18 heavy (non-hydrogen) atoms. The second-order valence-corrected chi connectivity index (χ2v) is 5.43. The molecule has 0 aliphatic carbocycles. The molecule has 3 rings (SSSR count). The van der Waals surface area contributed by atoms with Crippen molar-refractivity contribution < 1.29 is 61.3 Å². The SMILES string of the molecule is O=C1C[C@H]2SC(c3ccccc3)=C(C([O-])=S)N12.[K+]. The van der Waals surface area contributed by atoms with Crippen molar-refractivity contribution in [3.8, 4) is 0 Å². The molecule has 0 N–H and O–H groups in total. The molecule has 1 saturated heterocycles. The number of fused-ring (bicyclic) bond motifs is 1. The number of carbonyl (C=O) groups excluding carboxylic acids is 1. The molecule has 2 heterocycles. The summed E-state index contributed by atoms with van der Waals surface area (Å²) in [6.45, 7) is 0. The molecule has 1 fully saturated rings. The van der Waals surface area contributed by atoms with E-state index < -0.39 is 5.05 Å². The van der Waals surface area contributed by atoms with Crippen LogP contribution in [0.15, 0.2) is 36.0 Å². The summed E-state index contributed by atoms with van der Waals surface area (Å²) in [6.07, 6.45) is 0.493. The second-order valence-electron chi connectivity index (χ2n) is 3.87. The number of carbonyl (C=O) groups is 1. The van der Waals surface area contributed by atoms with E-state index in [1.165, 1.54) is 4.90 Å². The van der Waals surface area contributed by atoms with Gasteiger partial charge in [-0.1, -0.05) is 54.3 Å². The Morgan fingerprint density at radius 2 is 2.06 bits per heavy atom. The second kappa shape index (κ2) is 5.74. The third kappa shape index (κ3) is 2.35. The van der Waals surface area contributed by atoms with Crippen LogP contribution in [0.5, 0.6) is 0 Å². The third-order valence-electron chi connectivity index (χ3n) is 2.85. The Balaban J connectivity index is 0.00000120. The van der Waals surface area contributed by atoms with Crippen LogP contribution >= 0.6 is 24.0 Å². The first-order chi connectivity index (χ1) is 8.18. The van der Waals surface area contributed by atoms with Gasteiger partial charge in [0.05, 0.1) is 17.5 Å². The van der Waals surface area contributed by atoms with Gasteiger partial charge in [0.25, 0.3) is 0 Å². The number of β-lactam (4-membered cyclic amide) rings is 1. The molecule has 1 amide bonds. The van der Waals surface area contributed by atoms with E-state index in [0.717, 1.165) is 10.5 Å². The summed E-state index contributed by atoms with van der Waals surface area (Å²) in [4.78, 5) is 13.8. The Hall–Kier alpha value is 0.306. The van der Waals surface area contributed by atoms with Crippen molar-refractivity contribution in [2.45, 2.75) is 11.8 Å². The van der Waals surface area contributed by atoms with Gasteiger partial charge in [0.2, 0.25) is 5.91 Å². The summed E-state index contributed by atoms with van der Waals surface area (Å²) in [5, 5.41) is 11.1. The third-order valence-corrected chi connectivity index (χ3v) is 4.35. The predicted octanol–water partition coefficient (Wildman–Crippen LogP) is -1.65. The molecule has 0 spiro atoms. The van der Waals surface area contributed by atoms with Gasteiger partial charge in [-0.2, -0.15) is 0 Å². The quantitative estimate of drug-likeness (QED) is 0.373. The fourth-order valence-corrected chi connectivity index (χ4v) is 3.70. The molecule has 2 aliphatic rings. The summed E-state index contributed by atoms with van der Waals surface area (Å²) in [5.41, 5.74) is 1.34. The van der Waals surface area contributed by atoms with E-state index in [1.54, 1.807) is 11.8 Å². The van der Waals surface area contributed by atoms with Gasteiger partial charge in [-0.3, -0.25) is 9.69 Å². The standard InChI is InChI=1S/C12H9NO2S2.K/c14-8-6-9-13(8)10(12(15)16)11(17-9)7-4-2-1-3-5-7;/h1-5,9H,6H2,(H,15,16);/q;+1/p-1/t9-;/m1./s1. The van der Waals surface area contributed by atoms with Gasteiger partial charge >= 0.3 is 51.4 Å². The van der Waals surface area contributed by atoms with Gasteiger partial charge in [-0.15, -0.1) is 0 Å². The molecule has 0 saturated carbocycles. The van der Waals surface area contributed by atoms with E-state index in [-0.39, 0.29) is 62.7 Å². The minimum atomic E-state index is -0.452. The van der Waals surface area contributed by atoms with Crippen LogP contribution in [0.25, 0.3) is 4.91 Å². The molecule has 3 nitrogen and oxygen atoms in total. The summed E-state index contributed by atoms with van der Waals surface area (Å²) in [7, 11) is 0. The maximum atomic E-state index is 11.5. The minimum absolute atomic E-state index is 0. The van der Waals surface area contributed by atoms with Gasteiger partial charge in [0, 0.05) is 4.91 Å². The van der Waals surface area contributed by atoms with Crippen molar-refractivity contribution in [2.75, 3.05) is 0 Å². The number of thiocarbonyl (C=S) groups is 1. The number of amides is 1. The van der Waals surface area contributed by atoms with Gasteiger partial charge in [-0.25, -0.2) is 0 Å². The zero-order valence-corrected chi connectivity index (χ0v) is 14.5. The van der Waals surface area contributed by atoms with Gasteiger partial charge in [0.15, 0.2) is 0 Å². The van der Waals surface area contributed by atoms with Crippen LogP contribution in [0.2, 0.25) is 0 Å². The maximum Gasteiger partial charge on any atom is 1.00 e. The molecule has 0 radical (unpaired) electrons. The van der Waals surface area contributed by atoms with Crippen molar-refractivity contribution in [3.05, 3.63) is 41.6 Å². The number of nitrogens with zero attached hydrogens (tertiary/aromatic N) is 1. The Kier molecular flexibility index (Phi) is 4.69. The van der Waals surface area contributed by atoms with E-state index in [0.29, 0.717) is 12.1 Å². The van der Waals surface area contributed by atoms with Crippen molar-refractivity contribution >= 4 is 39.8 Å². The number of rotatable bonds is 2. The summed E-state index contributed by atoms with van der Waals surface area (Å²) in [6, 6.07) is 9.59. The van der Waals surface area contributed by atoms with E-state index >= 15 is 0 Å². The molecule has 1 aromatic rings. The predicted molar refractivity (Wildman–Crippen MR) is 68.8 cm³/mol. The molecule has 0 aromatic heterocycles. The monoisotopic (exact) mass is 301 g/mol. The molecule has 1 aromatic carbocycles. The van der Waals surface area contributed by atoms with Crippen molar-refractivity contribution in [1.82, 2.24) is 4.90 Å². The van der Waals surface area contributed by atoms with Crippen LogP contribution in [0.1, 0.15) is 12.0 Å². The summed E-state index contributed by atoms with van der Waals surface area (Å²) < 4.78 is 0. The van der Waals surface area contributed by atoms with E-state index in [2.05, 4.69) is 0 Å². The number of hydrogen-bond donors (Lipinski definition) is 0. The van der Waals surface area contributed by atoms with E-state index in [9.17, 15) is 9.90 Å². The molecule has 2 aliphatic heterocycles. The van der Waals surface area contributed by atoms with Gasteiger partial charge in [-0.05, 0) is 10.6 Å². The molecule has 1 atom stereocenters. The molecule has 0 bridgehead atoms. The van der Waals surface area contributed by atoms with Crippen LogP contribution < -0.4 is 56.5 Å². The van der Waals surface area contributed by atoms with E-state index in [1.807, 2.05) is 30.3 Å². The van der Waals surface area contributed by atoms with Crippen molar-refractivity contribution in [1.29, 1.82) is 0 Å². The fraction of sp³-hybridized carbons (Fsp3) is 0.167. The average Bonchev–Trinajstić information content (AvgIpc) is 2.63. The Bertz CT molecular complexity index is 544. The maximum absolute atomic E-state index is 11.5. The zero-order valence-electron chi connectivity index (χ0n) is 9.75. The molecule has 86 valence electrons. The smallest absolute Gasteiger partial charge is 0.863 e. The van der Waals surface area contributed by atoms with Crippen molar-refractivity contribution in [3.63, 3.8) is 0 Å². The largest absolute Gasteiger partial charge is 1.00 e.